The Morgan fingerprint density at radius 2 is 1.66 bits per heavy atom. The number of amides is 2. The predicted octanol–water partition coefficient (Wildman–Crippen LogP) is 3.34. The molecule has 2 N–H and O–H groups in total. The van der Waals surface area contributed by atoms with Gasteiger partial charge in [0.1, 0.15) is 6.54 Å². The Labute approximate surface area is 173 Å². The lowest BCUT2D eigenvalue weighted by Gasteiger charge is -2.22. The van der Waals surface area contributed by atoms with Crippen molar-refractivity contribution >= 4 is 17.8 Å². The summed E-state index contributed by atoms with van der Waals surface area (Å²) in [7, 11) is 0. The minimum absolute atomic E-state index is 0.00646. The Bertz CT molecular complexity index is 701. The second-order valence-corrected chi connectivity index (χ2v) is 8.89. The highest BCUT2D eigenvalue weighted by Crippen LogP contribution is 2.23. The molecular formula is C23H34N2O4. The molecule has 0 aromatic heterocycles. The van der Waals surface area contributed by atoms with Gasteiger partial charge in [-0.15, -0.1) is 0 Å². The molecule has 160 valence electrons. The van der Waals surface area contributed by atoms with Gasteiger partial charge in [0, 0.05) is 12.1 Å². The maximum Gasteiger partial charge on any atom is 0.326 e. The van der Waals surface area contributed by atoms with E-state index in [-0.39, 0.29) is 23.8 Å². The van der Waals surface area contributed by atoms with Gasteiger partial charge in [-0.2, -0.15) is 0 Å². The number of nitrogens with one attached hydrogen (secondary N) is 2. The molecular weight excluding hydrogens is 368 g/mol. The normalized spacial score (nSPS) is 16.0. The minimum atomic E-state index is -0.880. The molecule has 0 spiro atoms. The highest BCUT2D eigenvalue weighted by atomic mass is 16.5. The molecule has 0 heterocycles. The molecule has 1 fully saturated rings. The van der Waals surface area contributed by atoms with Crippen LogP contribution in [0.2, 0.25) is 0 Å². The first-order chi connectivity index (χ1) is 13.7. The van der Waals surface area contributed by atoms with Crippen molar-refractivity contribution in [1.29, 1.82) is 0 Å². The number of benzene rings is 1. The quantitative estimate of drug-likeness (QED) is 0.685. The summed E-state index contributed by atoms with van der Waals surface area (Å²) in [5.41, 5.74) is 1.61. The topological polar surface area (TPSA) is 84.5 Å². The maximum absolute atomic E-state index is 12.2. The van der Waals surface area contributed by atoms with Gasteiger partial charge in [0.25, 0.3) is 11.8 Å². The summed E-state index contributed by atoms with van der Waals surface area (Å²) in [5.74, 6) is -0.769. The Hall–Kier alpha value is -2.37. The SMILES string of the molecule is C[C@H](OC(=O)CNC(=O)c1ccc(C(C)(C)C)cc1)C(=O)NCC1CCCCC1. The summed E-state index contributed by atoms with van der Waals surface area (Å²) in [6.07, 6.45) is 5.08. The summed E-state index contributed by atoms with van der Waals surface area (Å²) in [6.45, 7) is 8.20. The molecule has 1 aromatic carbocycles. The van der Waals surface area contributed by atoms with Gasteiger partial charge in [-0.25, -0.2) is 0 Å². The van der Waals surface area contributed by atoms with Crippen molar-refractivity contribution in [3.8, 4) is 0 Å². The van der Waals surface area contributed by atoms with Crippen molar-refractivity contribution in [3.05, 3.63) is 35.4 Å². The lowest BCUT2D eigenvalue weighted by molar-refractivity contribution is -0.153. The third-order valence-electron chi connectivity index (χ3n) is 5.37. The van der Waals surface area contributed by atoms with Crippen LogP contribution in [0.5, 0.6) is 0 Å². The number of hydrogen-bond acceptors (Lipinski definition) is 4. The van der Waals surface area contributed by atoms with Gasteiger partial charge >= 0.3 is 5.97 Å². The van der Waals surface area contributed by atoms with Gasteiger partial charge < -0.3 is 15.4 Å². The van der Waals surface area contributed by atoms with Crippen molar-refractivity contribution in [2.75, 3.05) is 13.1 Å². The van der Waals surface area contributed by atoms with Crippen molar-refractivity contribution in [1.82, 2.24) is 10.6 Å². The number of ether oxygens (including phenoxy) is 1. The van der Waals surface area contributed by atoms with Crippen LogP contribution >= 0.6 is 0 Å². The van der Waals surface area contributed by atoms with Crippen molar-refractivity contribution in [3.63, 3.8) is 0 Å². The first kappa shape index (κ1) is 22.9. The van der Waals surface area contributed by atoms with Gasteiger partial charge in [0.2, 0.25) is 0 Å². The van der Waals surface area contributed by atoms with Crippen LogP contribution in [0, 0.1) is 5.92 Å². The highest BCUT2D eigenvalue weighted by molar-refractivity contribution is 5.96. The third kappa shape index (κ3) is 7.52. The van der Waals surface area contributed by atoms with Crippen LogP contribution in [0.4, 0.5) is 0 Å². The van der Waals surface area contributed by atoms with Crippen LogP contribution in [-0.2, 0) is 19.7 Å². The monoisotopic (exact) mass is 402 g/mol. The fourth-order valence-corrected chi connectivity index (χ4v) is 3.45. The standard InChI is InChI=1S/C23H34N2O4/c1-16(21(27)24-14-17-8-6-5-7-9-17)29-20(26)15-25-22(28)18-10-12-19(13-11-18)23(2,3)4/h10-13,16-17H,5-9,14-15H2,1-4H3,(H,24,27)(H,25,28)/t16-/m0/s1. The fourth-order valence-electron chi connectivity index (χ4n) is 3.45. The molecule has 2 amide bonds. The van der Waals surface area contributed by atoms with E-state index in [0.29, 0.717) is 18.0 Å². The first-order valence-corrected chi connectivity index (χ1v) is 10.5. The van der Waals surface area contributed by atoms with Crippen LogP contribution in [0.1, 0.15) is 75.7 Å². The number of carbonyl (C=O) groups is 3. The number of hydrogen-bond donors (Lipinski definition) is 2. The number of esters is 1. The largest absolute Gasteiger partial charge is 0.451 e. The fraction of sp³-hybridized carbons (Fsp3) is 0.609. The molecule has 1 atom stereocenters. The van der Waals surface area contributed by atoms with E-state index in [2.05, 4.69) is 31.4 Å². The van der Waals surface area contributed by atoms with E-state index in [1.165, 1.54) is 19.3 Å². The van der Waals surface area contributed by atoms with Gasteiger partial charge in [0.15, 0.2) is 6.10 Å². The third-order valence-corrected chi connectivity index (χ3v) is 5.37. The van der Waals surface area contributed by atoms with Crippen LogP contribution in [0.25, 0.3) is 0 Å². The van der Waals surface area contributed by atoms with E-state index < -0.39 is 12.1 Å². The lowest BCUT2D eigenvalue weighted by atomic mass is 9.87. The number of carbonyl (C=O) groups excluding carboxylic acids is 3. The molecule has 1 aliphatic carbocycles. The van der Waals surface area contributed by atoms with E-state index in [1.54, 1.807) is 19.1 Å². The second kappa shape index (κ2) is 10.4. The zero-order chi connectivity index (χ0) is 21.4. The van der Waals surface area contributed by atoms with Gasteiger partial charge in [-0.05, 0) is 48.8 Å². The smallest absolute Gasteiger partial charge is 0.326 e. The zero-order valence-corrected chi connectivity index (χ0v) is 18.0. The van der Waals surface area contributed by atoms with Crippen molar-refractivity contribution < 1.29 is 19.1 Å². The summed E-state index contributed by atoms with van der Waals surface area (Å²) in [6, 6.07) is 7.29. The molecule has 0 unspecified atom stereocenters. The summed E-state index contributed by atoms with van der Waals surface area (Å²) in [4.78, 5) is 36.3. The average Bonchev–Trinajstić information content (AvgIpc) is 2.70. The Kier molecular flexibility index (Phi) is 8.23. The van der Waals surface area contributed by atoms with E-state index in [4.69, 9.17) is 4.74 Å². The van der Waals surface area contributed by atoms with Crippen LogP contribution in [0.3, 0.4) is 0 Å². The maximum atomic E-state index is 12.2. The van der Waals surface area contributed by atoms with Crippen LogP contribution in [0.15, 0.2) is 24.3 Å². The summed E-state index contributed by atoms with van der Waals surface area (Å²) >= 11 is 0. The molecule has 1 saturated carbocycles. The molecule has 6 nitrogen and oxygen atoms in total. The average molecular weight is 403 g/mol. The van der Waals surface area contributed by atoms with Gasteiger partial charge in [0.05, 0.1) is 0 Å². The van der Waals surface area contributed by atoms with E-state index in [9.17, 15) is 14.4 Å². The van der Waals surface area contributed by atoms with E-state index in [0.717, 1.165) is 18.4 Å². The summed E-state index contributed by atoms with van der Waals surface area (Å²) in [5, 5.41) is 5.40. The van der Waals surface area contributed by atoms with Crippen LogP contribution in [-0.4, -0.2) is 37.0 Å². The van der Waals surface area contributed by atoms with E-state index in [1.807, 2.05) is 12.1 Å². The molecule has 2 rings (SSSR count). The van der Waals surface area contributed by atoms with Crippen molar-refractivity contribution in [2.24, 2.45) is 5.92 Å². The summed E-state index contributed by atoms with van der Waals surface area (Å²) < 4.78 is 5.14. The lowest BCUT2D eigenvalue weighted by Crippen LogP contribution is -2.40. The predicted molar refractivity (Wildman–Crippen MR) is 113 cm³/mol. The minimum Gasteiger partial charge on any atom is -0.451 e. The first-order valence-electron chi connectivity index (χ1n) is 10.5. The molecule has 1 aliphatic rings. The molecule has 0 saturated heterocycles. The Morgan fingerprint density at radius 1 is 1.03 bits per heavy atom. The number of rotatable bonds is 7. The van der Waals surface area contributed by atoms with E-state index >= 15 is 0 Å². The molecule has 0 bridgehead atoms. The van der Waals surface area contributed by atoms with Gasteiger partial charge in [-0.3, -0.25) is 14.4 Å². The molecule has 0 radical (unpaired) electrons. The van der Waals surface area contributed by atoms with Crippen molar-refractivity contribution in [2.45, 2.75) is 71.3 Å². The zero-order valence-electron chi connectivity index (χ0n) is 18.0. The molecule has 6 heteroatoms. The second-order valence-electron chi connectivity index (χ2n) is 8.89. The molecule has 29 heavy (non-hydrogen) atoms. The Morgan fingerprint density at radius 3 is 2.24 bits per heavy atom. The molecule has 1 aromatic rings. The van der Waals surface area contributed by atoms with Gasteiger partial charge in [-0.1, -0.05) is 52.2 Å². The highest BCUT2D eigenvalue weighted by Gasteiger charge is 2.21. The molecule has 0 aliphatic heterocycles. The Balaban J connectivity index is 1.72. The van der Waals surface area contributed by atoms with Crippen LogP contribution < -0.4 is 10.6 Å².